The Morgan fingerprint density at radius 2 is 2.47 bits per heavy atom. The topological polar surface area (TPSA) is 56.3 Å². The summed E-state index contributed by atoms with van der Waals surface area (Å²) in [5.74, 6) is -0.897. The first kappa shape index (κ1) is 8.97. The Bertz CT molecular complexity index is 424. The summed E-state index contributed by atoms with van der Waals surface area (Å²) in [6.07, 6.45) is 3.45. The van der Waals surface area contributed by atoms with Crippen molar-refractivity contribution in [2.75, 3.05) is 7.05 Å². The van der Waals surface area contributed by atoms with E-state index in [0.717, 1.165) is 18.7 Å². The second kappa shape index (κ2) is 2.85. The van der Waals surface area contributed by atoms with Crippen LogP contribution in [0.3, 0.4) is 0 Å². The molecule has 0 fully saturated rings. The van der Waals surface area contributed by atoms with Crippen LogP contribution in [-0.4, -0.2) is 28.0 Å². The molecule has 0 saturated carbocycles. The van der Waals surface area contributed by atoms with Gasteiger partial charge in [0, 0.05) is 30.9 Å². The molecule has 1 aliphatic heterocycles. The Labute approximate surface area is 87.9 Å². The number of rotatable bonds is 1. The summed E-state index contributed by atoms with van der Waals surface area (Å²) in [6.45, 7) is 0.947. The van der Waals surface area contributed by atoms with E-state index >= 15 is 0 Å². The number of H-pyrrole nitrogens is 1. The smallest absolute Gasteiger partial charge is 0.306 e. The van der Waals surface area contributed by atoms with E-state index in [4.69, 9.17) is 5.11 Å². The van der Waals surface area contributed by atoms with Crippen molar-refractivity contribution in [2.24, 2.45) is 5.92 Å². The van der Waals surface area contributed by atoms with E-state index in [1.807, 2.05) is 6.20 Å². The number of aliphatic carboxylic acids is 1. The van der Waals surface area contributed by atoms with Gasteiger partial charge in [0.25, 0.3) is 0 Å². The van der Waals surface area contributed by atoms with E-state index < -0.39 is 5.97 Å². The van der Waals surface area contributed by atoms with Crippen LogP contribution in [0.2, 0.25) is 0 Å². The number of hydrogen-bond acceptors (Lipinski definition) is 2. The Balaban J connectivity index is 2.03. The summed E-state index contributed by atoms with van der Waals surface area (Å²) in [5.41, 5.74) is 3.86. The fourth-order valence-corrected chi connectivity index (χ4v) is 2.92. The Hall–Kier alpha value is -1.29. The zero-order chi connectivity index (χ0) is 10.6. The molecule has 0 radical (unpaired) electrons. The van der Waals surface area contributed by atoms with Crippen molar-refractivity contribution < 1.29 is 9.90 Å². The van der Waals surface area contributed by atoms with Crippen LogP contribution < -0.4 is 0 Å². The highest BCUT2D eigenvalue weighted by Gasteiger charge is 2.39. The van der Waals surface area contributed by atoms with Gasteiger partial charge in [0.2, 0.25) is 0 Å². The van der Waals surface area contributed by atoms with Crippen molar-refractivity contribution in [3.05, 3.63) is 23.0 Å². The van der Waals surface area contributed by atoms with Crippen molar-refractivity contribution in [3.8, 4) is 0 Å². The minimum Gasteiger partial charge on any atom is -0.481 e. The number of aromatic amines is 1. The van der Waals surface area contributed by atoms with Gasteiger partial charge in [0.15, 0.2) is 0 Å². The number of hydrogen-bond donors (Lipinski definition) is 2. The third-order valence-corrected chi connectivity index (χ3v) is 3.68. The molecular formula is C11H14N2O2. The molecule has 3 rings (SSSR count). The predicted molar refractivity (Wildman–Crippen MR) is 54.4 cm³/mol. The molecule has 2 unspecified atom stereocenters. The van der Waals surface area contributed by atoms with Gasteiger partial charge in [-0.25, -0.2) is 0 Å². The molecule has 2 heterocycles. The molecule has 4 nitrogen and oxygen atoms in total. The average molecular weight is 206 g/mol. The maximum Gasteiger partial charge on any atom is 0.306 e. The number of carboxylic acids is 1. The molecule has 0 spiro atoms. The summed E-state index contributed by atoms with van der Waals surface area (Å²) in [6, 6.07) is 0.316. The van der Waals surface area contributed by atoms with Crippen LogP contribution in [-0.2, 0) is 17.8 Å². The molecule has 1 aromatic rings. The third kappa shape index (κ3) is 1.14. The lowest BCUT2D eigenvalue weighted by Crippen LogP contribution is -2.29. The lowest BCUT2D eigenvalue weighted by molar-refractivity contribution is -0.142. The molecule has 0 amide bonds. The molecule has 2 N–H and O–H groups in total. The van der Waals surface area contributed by atoms with Crippen molar-refractivity contribution in [1.82, 2.24) is 9.88 Å². The molecule has 2 aliphatic rings. The van der Waals surface area contributed by atoms with E-state index in [9.17, 15) is 4.79 Å². The van der Waals surface area contributed by atoms with Gasteiger partial charge in [-0.3, -0.25) is 9.69 Å². The Morgan fingerprint density at radius 1 is 1.67 bits per heavy atom. The van der Waals surface area contributed by atoms with Crippen molar-refractivity contribution in [3.63, 3.8) is 0 Å². The molecule has 4 heteroatoms. The minimum atomic E-state index is -0.669. The number of nitrogens with one attached hydrogen (secondary N) is 1. The number of carboxylic acid groups (broad SMARTS) is 1. The van der Waals surface area contributed by atoms with Crippen LogP contribution in [0.4, 0.5) is 0 Å². The van der Waals surface area contributed by atoms with Crippen LogP contribution in [0, 0.1) is 5.92 Å². The SMILES string of the molecule is CN1Cc2c[nH]c3c2C1CC(C(=O)O)C3. The summed E-state index contributed by atoms with van der Waals surface area (Å²) < 4.78 is 0. The van der Waals surface area contributed by atoms with Gasteiger partial charge >= 0.3 is 5.97 Å². The van der Waals surface area contributed by atoms with E-state index in [2.05, 4.69) is 16.9 Å². The van der Waals surface area contributed by atoms with Gasteiger partial charge < -0.3 is 10.1 Å². The second-order valence-corrected chi connectivity index (χ2v) is 4.61. The largest absolute Gasteiger partial charge is 0.481 e. The lowest BCUT2D eigenvalue weighted by atomic mass is 9.84. The highest BCUT2D eigenvalue weighted by Crippen LogP contribution is 2.43. The predicted octanol–water partition coefficient (Wildman–Crippen LogP) is 1.15. The first-order valence-corrected chi connectivity index (χ1v) is 5.29. The van der Waals surface area contributed by atoms with Gasteiger partial charge in [-0.1, -0.05) is 0 Å². The minimum absolute atomic E-state index is 0.227. The molecule has 0 bridgehead atoms. The van der Waals surface area contributed by atoms with Crippen molar-refractivity contribution >= 4 is 5.97 Å². The highest BCUT2D eigenvalue weighted by molar-refractivity contribution is 5.71. The van der Waals surface area contributed by atoms with Crippen LogP contribution in [0.25, 0.3) is 0 Å². The van der Waals surface area contributed by atoms with Gasteiger partial charge in [0.05, 0.1) is 5.92 Å². The third-order valence-electron chi connectivity index (χ3n) is 3.68. The Kier molecular flexibility index (Phi) is 1.71. The van der Waals surface area contributed by atoms with Crippen molar-refractivity contribution in [1.29, 1.82) is 0 Å². The Morgan fingerprint density at radius 3 is 3.20 bits per heavy atom. The summed E-state index contributed by atoms with van der Waals surface area (Å²) in [7, 11) is 2.07. The standard InChI is InChI=1S/C11H14N2O2/c1-13-5-7-4-12-8-2-6(11(14)15)3-9(13)10(7)8/h4,6,9,12H,2-3,5H2,1H3,(H,14,15). The maximum absolute atomic E-state index is 11.0. The van der Waals surface area contributed by atoms with Crippen LogP contribution >= 0.6 is 0 Å². The molecule has 0 aromatic carbocycles. The molecule has 1 aliphatic carbocycles. The number of carbonyl (C=O) groups is 1. The second-order valence-electron chi connectivity index (χ2n) is 4.61. The summed E-state index contributed by atoms with van der Waals surface area (Å²) in [5, 5.41) is 9.09. The van der Waals surface area contributed by atoms with E-state index in [-0.39, 0.29) is 5.92 Å². The molecule has 15 heavy (non-hydrogen) atoms. The van der Waals surface area contributed by atoms with Gasteiger partial charge in [-0.15, -0.1) is 0 Å². The van der Waals surface area contributed by atoms with Crippen LogP contribution in [0.5, 0.6) is 0 Å². The highest BCUT2D eigenvalue weighted by atomic mass is 16.4. The fraction of sp³-hybridized carbons (Fsp3) is 0.545. The zero-order valence-corrected chi connectivity index (χ0v) is 8.66. The maximum atomic E-state index is 11.0. The van der Waals surface area contributed by atoms with Crippen LogP contribution in [0.1, 0.15) is 29.3 Å². The number of aromatic nitrogens is 1. The number of nitrogens with zero attached hydrogens (tertiary/aromatic N) is 1. The molecule has 2 atom stereocenters. The lowest BCUT2D eigenvalue weighted by Gasteiger charge is -2.29. The van der Waals surface area contributed by atoms with Gasteiger partial charge in [-0.05, 0) is 24.6 Å². The molecular weight excluding hydrogens is 192 g/mol. The molecule has 0 saturated heterocycles. The average Bonchev–Trinajstić information content (AvgIpc) is 2.73. The van der Waals surface area contributed by atoms with E-state index in [1.165, 1.54) is 11.1 Å². The fourth-order valence-electron chi connectivity index (χ4n) is 2.92. The molecule has 1 aromatic heterocycles. The zero-order valence-electron chi connectivity index (χ0n) is 8.66. The monoisotopic (exact) mass is 206 g/mol. The van der Waals surface area contributed by atoms with Crippen LogP contribution in [0.15, 0.2) is 6.20 Å². The summed E-state index contributed by atoms with van der Waals surface area (Å²) >= 11 is 0. The first-order chi connectivity index (χ1) is 7.16. The van der Waals surface area contributed by atoms with Gasteiger partial charge in [-0.2, -0.15) is 0 Å². The normalized spacial score (nSPS) is 29.1. The van der Waals surface area contributed by atoms with E-state index in [0.29, 0.717) is 12.5 Å². The summed E-state index contributed by atoms with van der Waals surface area (Å²) in [4.78, 5) is 16.5. The first-order valence-electron chi connectivity index (χ1n) is 5.29. The molecule has 80 valence electrons. The quantitative estimate of drug-likeness (QED) is 0.724. The van der Waals surface area contributed by atoms with Gasteiger partial charge in [0.1, 0.15) is 0 Å². The van der Waals surface area contributed by atoms with Crippen molar-refractivity contribution in [2.45, 2.75) is 25.4 Å². The van der Waals surface area contributed by atoms with E-state index in [1.54, 1.807) is 0 Å².